The minimum atomic E-state index is -0.877. The van der Waals surface area contributed by atoms with Crippen molar-refractivity contribution < 1.29 is 9.90 Å². The van der Waals surface area contributed by atoms with Gasteiger partial charge in [0.2, 0.25) is 0 Å². The van der Waals surface area contributed by atoms with Gasteiger partial charge in [-0.25, -0.2) is 4.98 Å². The lowest BCUT2D eigenvalue weighted by Gasteiger charge is -2.04. The molecule has 6 heteroatoms. The molecule has 0 unspecified atom stereocenters. The van der Waals surface area contributed by atoms with Crippen LogP contribution in [0, 0.1) is 0 Å². The van der Waals surface area contributed by atoms with Crippen LogP contribution in [0.3, 0.4) is 0 Å². The summed E-state index contributed by atoms with van der Waals surface area (Å²) in [5, 5.41) is 11.1. The number of carboxylic acids is 1. The second kappa shape index (κ2) is 7.34. The average molecular weight is 378 g/mol. The van der Waals surface area contributed by atoms with Crippen molar-refractivity contribution in [1.82, 2.24) is 4.98 Å². The van der Waals surface area contributed by atoms with Crippen LogP contribution in [0.2, 0.25) is 10.0 Å². The van der Waals surface area contributed by atoms with Crippen LogP contribution in [0.1, 0.15) is 15.4 Å². The minimum absolute atomic E-state index is 0.0574. The lowest BCUT2D eigenvalue weighted by atomic mass is 10.1. The Morgan fingerprint density at radius 1 is 1.04 bits per heavy atom. The average Bonchev–Trinajstić information content (AvgIpc) is 2.94. The molecule has 3 aromatic rings. The number of hydrogen-bond donors (Lipinski definition) is 1. The Kier molecular flexibility index (Phi) is 5.19. The molecule has 0 atom stereocenters. The zero-order chi connectivity index (χ0) is 17.1. The number of carbonyl (C=O) groups is 1. The Hall–Kier alpha value is -1.88. The van der Waals surface area contributed by atoms with Crippen LogP contribution in [0.4, 0.5) is 0 Å². The predicted octanol–water partition coefficient (Wildman–Crippen LogP) is 5.33. The molecule has 3 rings (SSSR count). The van der Waals surface area contributed by atoms with Gasteiger partial charge in [-0.2, -0.15) is 0 Å². The first-order valence-electron chi connectivity index (χ1n) is 7.23. The Morgan fingerprint density at radius 2 is 1.71 bits per heavy atom. The topological polar surface area (TPSA) is 50.2 Å². The van der Waals surface area contributed by atoms with Gasteiger partial charge in [-0.15, -0.1) is 11.3 Å². The van der Waals surface area contributed by atoms with Crippen LogP contribution < -0.4 is 0 Å². The van der Waals surface area contributed by atoms with Gasteiger partial charge in [-0.1, -0.05) is 59.6 Å². The quantitative estimate of drug-likeness (QED) is 0.653. The van der Waals surface area contributed by atoms with E-state index in [-0.39, 0.29) is 6.42 Å². The highest BCUT2D eigenvalue weighted by Gasteiger charge is 2.17. The highest BCUT2D eigenvalue weighted by Crippen LogP contribution is 2.33. The highest BCUT2D eigenvalue weighted by molar-refractivity contribution is 7.12. The SMILES string of the molecule is O=C(O)Cc1sc(Cc2c(Cl)cccc2Cl)nc1-c1ccccc1. The maximum atomic E-state index is 11.2. The zero-order valence-electron chi connectivity index (χ0n) is 12.5. The normalized spacial score (nSPS) is 10.8. The van der Waals surface area contributed by atoms with Crippen molar-refractivity contribution in [2.45, 2.75) is 12.8 Å². The van der Waals surface area contributed by atoms with Gasteiger partial charge in [0.1, 0.15) is 0 Å². The molecule has 2 aromatic carbocycles. The number of carboxylic acid groups (broad SMARTS) is 1. The summed E-state index contributed by atoms with van der Waals surface area (Å²) < 4.78 is 0. The lowest BCUT2D eigenvalue weighted by Crippen LogP contribution is -1.99. The molecule has 0 spiro atoms. The number of hydrogen-bond acceptors (Lipinski definition) is 3. The van der Waals surface area contributed by atoms with E-state index < -0.39 is 5.97 Å². The fraction of sp³-hybridized carbons (Fsp3) is 0.111. The lowest BCUT2D eigenvalue weighted by molar-refractivity contribution is -0.136. The molecule has 3 nitrogen and oxygen atoms in total. The molecule has 0 saturated carbocycles. The summed E-state index contributed by atoms with van der Waals surface area (Å²) in [4.78, 5) is 16.5. The smallest absolute Gasteiger partial charge is 0.308 e. The molecule has 122 valence electrons. The number of benzene rings is 2. The molecule has 0 fully saturated rings. The first-order valence-corrected chi connectivity index (χ1v) is 8.80. The molecule has 0 radical (unpaired) electrons. The van der Waals surface area contributed by atoms with Crippen molar-refractivity contribution in [3.63, 3.8) is 0 Å². The summed E-state index contributed by atoms with van der Waals surface area (Å²) in [5.41, 5.74) is 2.42. The van der Waals surface area contributed by atoms with Crippen molar-refractivity contribution in [3.05, 3.63) is 74.0 Å². The number of aromatic nitrogens is 1. The second-order valence-corrected chi connectivity index (χ2v) is 7.18. The van der Waals surface area contributed by atoms with Crippen LogP contribution in [0.15, 0.2) is 48.5 Å². The minimum Gasteiger partial charge on any atom is -0.481 e. The van der Waals surface area contributed by atoms with E-state index in [2.05, 4.69) is 4.98 Å². The highest BCUT2D eigenvalue weighted by atomic mass is 35.5. The Bertz CT molecular complexity index is 858. The Labute approximate surface area is 153 Å². The van der Waals surface area contributed by atoms with E-state index in [4.69, 9.17) is 28.3 Å². The molecular formula is C18H13Cl2NO2S. The fourth-order valence-electron chi connectivity index (χ4n) is 2.41. The van der Waals surface area contributed by atoms with E-state index in [0.29, 0.717) is 22.2 Å². The van der Waals surface area contributed by atoms with Gasteiger partial charge in [0.05, 0.1) is 17.1 Å². The molecule has 1 aromatic heterocycles. The molecule has 24 heavy (non-hydrogen) atoms. The molecular weight excluding hydrogens is 365 g/mol. The maximum absolute atomic E-state index is 11.2. The van der Waals surface area contributed by atoms with Crippen molar-refractivity contribution in [1.29, 1.82) is 0 Å². The van der Waals surface area contributed by atoms with Gasteiger partial charge in [0.15, 0.2) is 0 Å². The molecule has 0 aliphatic heterocycles. The van der Waals surface area contributed by atoms with Gasteiger partial charge >= 0.3 is 5.97 Å². The molecule has 0 saturated heterocycles. The first-order chi connectivity index (χ1) is 11.5. The van der Waals surface area contributed by atoms with Crippen LogP contribution in [-0.2, 0) is 17.6 Å². The van der Waals surface area contributed by atoms with Gasteiger partial charge in [-0.3, -0.25) is 4.79 Å². The third-order valence-electron chi connectivity index (χ3n) is 3.49. The van der Waals surface area contributed by atoms with Crippen molar-refractivity contribution in [3.8, 4) is 11.3 Å². The largest absolute Gasteiger partial charge is 0.481 e. The van der Waals surface area contributed by atoms with E-state index in [1.54, 1.807) is 18.2 Å². The molecule has 0 aliphatic carbocycles. The van der Waals surface area contributed by atoms with E-state index in [0.717, 1.165) is 21.0 Å². The van der Waals surface area contributed by atoms with E-state index in [1.165, 1.54) is 11.3 Å². The first kappa shape index (κ1) is 17.0. The summed E-state index contributed by atoms with van der Waals surface area (Å²) in [6.07, 6.45) is 0.417. The van der Waals surface area contributed by atoms with Gasteiger partial charge in [0, 0.05) is 26.9 Å². The molecule has 0 bridgehead atoms. The molecule has 0 amide bonds. The summed E-state index contributed by atoms with van der Waals surface area (Å²) in [7, 11) is 0. The number of nitrogens with zero attached hydrogens (tertiary/aromatic N) is 1. The van der Waals surface area contributed by atoms with Crippen molar-refractivity contribution in [2.75, 3.05) is 0 Å². The van der Waals surface area contributed by atoms with E-state index in [9.17, 15) is 4.79 Å². The third kappa shape index (κ3) is 3.78. The maximum Gasteiger partial charge on any atom is 0.308 e. The van der Waals surface area contributed by atoms with Crippen LogP contribution in [-0.4, -0.2) is 16.1 Å². The summed E-state index contributed by atoms with van der Waals surface area (Å²) in [6.45, 7) is 0. The van der Waals surface area contributed by atoms with E-state index >= 15 is 0 Å². The van der Waals surface area contributed by atoms with Crippen LogP contribution in [0.5, 0.6) is 0 Å². The van der Waals surface area contributed by atoms with Crippen LogP contribution >= 0.6 is 34.5 Å². The van der Waals surface area contributed by atoms with Gasteiger partial charge in [-0.05, 0) is 17.7 Å². The number of thiazole rings is 1. The summed E-state index contributed by atoms with van der Waals surface area (Å²) >= 11 is 13.8. The Morgan fingerprint density at radius 3 is 2.33 bits per heavy atom. The predicted molar refractivity (Wildman–Crippen MR) is 98.2 cm³/mol. The number of halogens is 2. The fourth-order valence-corrected chi connectivity index (χ4v) is 4.03. The van der Waals surface area contributed by atoms with Crippen molar-refractivity contribution in [2.24, 2.45) is 0 Å². The monoisotopic (exact) mass is 377 g/mol. The van der Waals surface area contributed by atoms with Crippen LogP contribution in [0.25, 0.3) is 11.3 Å². The van der Waals surface area contributed by atoms with Crippen molar-refractivity contribution >= 4 is 40.5 Å². The molecule has 1 heterocycles. The summed E-state index contributed by atoms with van der Waals surface area (Å²) in [6, 6.07) is 14.9. The number of rotatable bonds is 5. The standard InChI is InChI=1S/C18H13Cl2NO2S/c19-13-7-4-8-14(20)12(13)9-16-21-18(11-5-2-1-3-6-11)15(24-16)10-17(22)23/h1-8H,9-10H2,(H,22,23). The third-order valence-corrected chi connectivity index (χ3v) is 5.25. The zero-order valence-corrected chi connectivity index (χ0v) is 14.8. The summed E-state index contributed by atoms with van der Waals surface area (Å²) in [5.74, 6) is -0.877. The number of aliphatic carboxylic acids is 1. The van der Waals surface area contributed by atoms with Gasteiger partial charge < -0.3 is 5.11 Å². The van der Waals surface area contributed by atoms with Gasteiger partial charge in [0.25, 0.3) is 0 Å². The second-order valence-electron chi connectivity index (χ2n) is 5.19. The molecule has 0 aliphatic rings. The molecule has 1 N–H and O–H groups in total. The Balaban J connectivity index is 2.01. The van der Waals surface area contributed by atoms with E-state index in [1.807, 2.05) is 30.3 Å².